The van der Waals surface area contributed by atoms with Crippen LogP contribution >= 0.6 is 11.6 Å². The molecule has 0 saturated carbocycles. The summed E-state index contributed by atoms with van der Waals surface area (Å²) in [7, 11) is 1.42. The number of nitrogens with zero attached hydrogens (tertiary/aromatic N) is 2. The van der Waals surface area contributed by atoms with Crippen LogP contribution in [-0.4, -0.2) is 23.0 Å². The minimum Gasteiger partial charge on any atom is -0.492 e. The highest BCUT2D eigenvalue weighted by Gasteiger charge is 2.21. The zero-order chi connectivity index (χ0) is 18.5. The van der Waals surface area contributed by atoms with Crippen molar-refractivity contribution in [3.05, 3.63) is 71.1 Å². The summed E-state index contributed by atoms with van der Waals surface area (Å²) in [4.78, 5) is 21.0. The molecule has 3 aromatic rings. The lowest BCUT2D eigenvalue weighted by Crippen LogP contribution is -2.12. The van der Waals surface area contributed by atoms with Gasteiger partial charge in [-0.05, 0) is 30.3 Å². The zero-order valence-corrected chi connectivity index (χ0v) is 14.7. The molecule has 0 aliphatic rings. The van der Waals surface area contributed by atoms with Gasteiger partial charge in [-0.3, -0.25) is 4.98 Å². The molecular weight excluding hydrogens is 354 g/mol. The maximum Gasteiger partial charge on any atom is 0.361 e. The molecule has 0 spiro atoms. The van der Waals surface area contributed by atoms with Crippen molar-refractivity contribution in [3.8, 4) is 17.0 Å². The van der Waals surface area contributed by atoms with Gasteiger partial charge in [0.05, 0.1) is 24.2 Å². The predicted molar refractivity (Wildman–Crippen MR) is 99.0 cm³/mol. The van der Waals surface area contributed by atoms with Crippen molar-refractivity contribution in [2.24, 2.45) is 0 Å². The normalized spacial score (nSPS) is 10.4. The van der Waals surface area contributed by atoms with Crippen LogP contribution in [0.3, 0.4) is 0 Å². The molecule has 3 rings (SSSR count). The molecule has 7 heteroatoms. The number of benzene rings is 1. The Morgan fingerprint density at radius 3 is 2.62 bits per heavy atom. The van der Waals surface area contributed by atoms with Crippen molar-refractivity contribution in [3.63, 3.8) is 0 Å². The van der Waals surface area contributed by atoms with Gasteiger partial charge in [0.2, 0.25) is 0 Å². The van der Waals surface area contributed by atoms with Gasteiger partial charge in [0.25, 0.3) is 0 Å². The first-order valence-electron chi connectivity index (χ1n) is 7.76. The Kier molecular flexibility index (Phi) is 5.34. The molecule has 0 fully saturated rings. The van der Waals surface area contributed by atoms with Crippen molar-refractivity contribution < 1.29 is 14.3 Å². The number of ether oxygens (including phenoxy) is 2. The van der Waals surface area contributed by atoms with E-state index in [1.807, 2.05) is 6.07 Å². The lowest BCUT2D eigenvalue weighted by Gasteiger charge is -2.12. The Labute approximate surface area is 155 Å². The van der Waals surface area contributed by atoms with Crippen LogP contribution in [0, 0.1) is 0 Å². The van der Waals surface area contributed by atoms with Crippen molar-refractivity contribution in [1.29, 1.82) is 0 Å². The highest BCUT2D eigenvalue weighted by molar-refractivity contribution is 6.30. The standard InChI is InChI=1S/C19H16ClN3O3/c1-25-18-15(21)10-16(12-5-7-13(20)8-6-12)23-17(18)19(24)26-11-14-4-2-3-9-22-14/h2-10H,11H2,1H3,(H2,21,23). The minimum atomic E-state index is -0.644. The van der Waals surface area contributed by atoms with E-state index in [1.54, 1.807) is 48.7 Å². The second-order valence-electron chi connectivity index (χ2n) is 5.38. The van der Waals surface area contributed by atoms with Crippen molar-refractivity contribution >= 4 is 23.3 Å². The first kappa shape index (κ1) is 17.7. The Bertz CT molecular complexity index is 915. The SMILES string of the molecule is COc1c(N)cc(-c2ccc(Cl)cc2)nc1C(=O)OCc1ccccn1. The molecule has 0 amide bonds. The highest BCUT2D eigenvalue weighted by atomic mass is 35.5. The average Bonchev–Trinajstić information content (AvgIpc) is 2.67. The highest BCUT2D eigenvalue weighted by Crippen LogP contribution is 2.31. The van der Waals surface area contributed by atoms with Gasteiger partial charge in [-0.15, -0.1) is 0 Å². The summed E-state index contributed by atoms with van der Waals surface area (Å²) < 4.78 is 10.5. The third-order valence-corrected chi connectivity index (χ3v) is 3.87. The summed E-state index contributed by atoms with van der Waals surface area (Å²) in [5, 5.41) is 0.602. The number of pyridine rings is 2. The van der Waals surface area contributed by atoms with Gasteiger partial charge in [0.1, 0.15) is 6.61 Å². The van der Waals surface area contributed by atoms with Crippen molar-refractivity contribution in [2.45, 2.75) is 6.61 Å². The van der Waals surface area contributed by atoms with Crippen LogP contribution in [0.2, 0.25) is 5.02 Å². The molecule has 1 aromatic carbocycles. The van der Waals surface area contributed by atoms with E-state index in [0.717, 1.165) is 5.56 Å². The maximum absolute atomic E-state index is 12.5. The second-order valence-corrected chi connectivity index (χ2v) is 5.82. The van der Waals surface area contributed by atoms with E-state index < -0.39 is 5.97 Å². The van der Waals surface area contributed by atoms with E-state index in [-0.39, 0.29) is 23.7 Å². The first-order chi connectivity index (χ1) is 12.6. The van der Waals surface area contributed by atoms with E-state index in [9.17, 15) is 4.79 Å². The average molecular weight is 370 g/mol. The molecule has 6 nitrogen and oxygen atoms in total. The number of anilines is 1. The van der Waals surface area contributed by atoms with E-state index in [1.165, 1.54) is 7.11 Å². The van der Waals surface area contributed by atoms with Crippen LogP contribution in [0.15, 0.2) is 54.7 Å². The van der Waals surface area contributed by atoms with Gasteiger partial charge in [-0.2, -0.15) is 0 Å². The van der Waals surface area contributed by atoms with Crippen LogP contribution in [0.4, 0.5) is 5.69 Å². The third kappa shape index (κ3) is 3.92. The maximum atomic E-state index is 12.5. The summed E-state index contributed by atoms with van der Waals surface area (Å²) in [6, 6.07) is 14.0. The number of rotatable bonds is 5. The van der Waals surface area contributed by atoms with Gasteiger partial charge in [0, 0.05) is 16.8 Å². The van der Waals surface area contributed by atoms with Crippen molar-refractivity contribution in [2.75, 3.05) is 12.8 Å². The fraction of sp³-hybridized carbons (Fsp3) is 0.105. The molecule has 2 aromatic heterocycles. The third-order valence-electron chi connectivity index (χ3n) is 3.62. The Morgan fingerprint density at radius 2 is 1.96 bits per heavy atom. The van der Waals surface area contributed by atoms with Crippen LogP contribution in [0.25, 0.3) is 11.3 Å². The summed E-state index contributed by atoms with van der Waals surface area (Å²) in [6.07, 6.45) is 1.63. The lowest BCUT2D eigenvalue weighted by molar-refractivity contribution is 0.0457. The van der Waals surface area contributed by atoms with Gasteiger partial charge in [-0.1, -0.05) is 29.8 Å². The Balaban J connectivity index is 1.91. The molecular formula is C19H16ClN3O3. The van der Waals surface area contributed by atoms with Gasteiger partial charge in [0.15, 0.2) is 11.4 Å². The number of hydrogen-bond acceptors (Lipinski definition) is 6. The minimum absolute atomic E-state index is 0.00776. The largest absolute Gasteiger partial charge is 0.492 e. The number of carbonyl (C=O) groups excluding carboxylic acids is 1. The molecule has 2 N–H and O–H groups in total. The number of hydrogen-bond donors (Lipinski definition) is 1. The fourth-order valence-electron chi connectivity index (χ4n) is 2.37. The van der Waals surface area contributed by atoms with Gasteiger partial charge in [-0.25, -0.2) is 9.78 Å². The van der Waals surface area contributed by atoms with Gasteiger partial charge < -0.3 is 15.2 Å². The molecule has 0 aliphatic heterocycles. The zero-order valence-electron chi connectivity index (χ0n) is 14.0. The van der Waals surface area contributed by atoms with Crippen molar-refractivity contribution in [1.82, 2.24) is 9.97 Å². The monoisotopic (exact) mass is 369 g/mol. The summed E-state index contributed by atoms with van der Waals surface area (Å²) in [5.41, 5.74) is 8.24. The topological polar surface area (TPSA) is 87.3 Å². The van der Waals surface area contributed by atoms with Crippen LogP contribution < -0.4 is 10.5 Å². The van der Waals surface area contributed by atoms with Crippen LogP contribution in [0.5, 0.6) is 5.75 Å². The number of nitrogens with two attached hydrogens (primary N) is 1. The predicted octanol–water partition coefficient (Wildman–Crippen LogP) is 3.74. The number of methoxy groups -OCH3 is 1. The van der Waals surface area contributed by atoms with E-state index in [2.05, 4.69) is 9.97 Å². The quantitative estimate of drug-likeness (QED) is 0.689. The number of halogens is 1. The molecule has 0 unspecified atom stereocenters. The van der Waals surface area contributed by atoms with Crippen LogP contribution in [-0.2, 0) is 11.3 Å². The van der Waals surface area contributed by atoms with E-state index in [4.69, 9.17) is 26.8 Å². The molecule has 0 aliphatic carbocycles. The summed E-state index contributed by atoms with van der Waals surface area (Å²) in [6.45, 7) is 0.0234. The molecule has 0 radical (unpaired) electrons. The number of aromatic nitrogens is 2. The van der Waals surface area contributed by atoms with Gasteiger partial charge >= 0.3 is 5.97 Å². The lowest BCUT2D eigenvalue weighted by atomic mass is 10.1. The molecule has 132 valence electrons. The fourth-order valence-corrected chi connectivity index (χ4v) is 2.49. The molecule has 0 atom stereocenters. The molecule has 0 bridgehead atoms. The van der Waals surface area contributed by atoms with E-state index in [0.29, 0.717) is 16.4 Å². The molecule has 2 heterocycles. The Hall–Kier alpha value is -3.12. The van der Waals surface area contributed by atoms with Crippen LogP contribution in [0.1, 0.15) is 16.2 Å². The number of carbonyl (C=O) groups is 1. The summed E-state index contributed by atoms with van der Waals surface area (Å²) >= 11 is 5.91. The molecule has 0 saturated heterocycles. The summed E-state index contributed by atoms with van der Waals surface area (Å²) in [5.74, 6) is -0.469. The number of esters is 1. The Morgan fingerprint density at radius 1 is 1.19 bits per heavy atom. The van der Waals surface area contributed by atoms with E-state index >= 15 is 0 Å². The first-order valence-corrected chi connectivity index (χ1v) is 8.13. The second kappa shape index (κ2) is 7.84. The number of nitrogen functional groups attached to an aromatic ring is 1. The molecule has 26 heavy (non-hydrogen) atoms. The smallest absolute Gasteiger partial charge is 0.361 e.